The molecule has 0 heterocycles. The number of primary sulfonamides is 1. The van der Waals surface area contributed by atoms with Crippen LogP contribution in [0.1, 0.15) is 37.7 Å². The number of halogens is 1. The van der Waals surface area contributed by atoms with Gasteiger partial charge in [-0.2, -0.15) is 0 Å². The van der Waals surface area contributed by atoms with Crippen LogP contribution in [-0.4, -0.2) is 27.0 Å². The molecule has 0 bridgehead atoms. The molecule has 0 aliphatic rings. The van der Waals surface area contributed by atoms with E-state index in [0.717, 1.165) is 11.8 Å². The van der Waals surface area contributed by atoms with Crippen LogP contribution in [0.25, 0.3) is 0 Å². The van der Waals surface area contributed by atoms with Crippen molar-refractivity contribution in [2.24, 2.45) is 5.14 Å². The van der Waals surface area contributed by atoms with E-state index in [9.17, 15) is 8.42 Å². The first-order valence-corrected chi connectivity index (χ1v) is 9.96. The maximum Gasteiger partial charge on any atom is 0.238 e. The third-order valence-corrected chi connectivity index (χ3v) is 4.46. The number of sulfonamides is 1. The fourth-order valence-corrected chi connectivity index (χ4v) is 2.80. The zero-order valence-electron chi connectivity index (χ0n) is 12.6. The van der Waals surface area contributed by atoms with E-state index in [1.54, 1.807) is 12.1 Å². The van der Waals surface area contributed by atoms with Crippen LogP contribution in [-0.2, 0) is 14.8 Å². The van der Waals surface area contributed by atoms with Crippen molar-refractivity contribution in [2.45, 2.75) is 37.0 Å². The van der Waals surface area contributed by atoms with E-state index in [-0.39, 0.29) is 4.90 Å². The number of nitrogens with two attached hydrogens (primary N) is 1. The summed E-state index contributed by atoms with van der Waals surface area (Å²) in [6.45, 7) is 1.06. The van der Waals surface area contributed by atoms with Crippen molar-refractivity contribution in [3.8, 4) is 11.8 Å². The van der Waals surface area contributed by atoms with Crippen LogP contribution in [0.15, 0.2) is 29.2 Å². The molecule has 0 aromatic heterocycles. The van der Waals surface area contributed by atoms with Gasteiger partial charge in [0.2, 0.25) is 10.0 Å². The van der Waals surface area contributed by atoms with Gasteiger partial charge in [-0.25, -0.2) is 13.6 Å². The van der Waals surface area contributed by atoms with Crippen LogP contribution >= 0.6 is 15.9 Å². The van der Waals surface area contributed by atoms with Gasteiger partial charge in [0.1, 0.15) is 6.61 Å². The topological polar surface area (TPSA) is 69.4 Å². The zero-order chi connectivity index (χ0) is 16.3. The average Bonchev–Trinajstić information content (AvgIpc) is 2.49. The Morgan fingerprint density at radius 1 is 1.14 bits per heavy atom. The summed E-state index contributed by atoms with van der Waals surface area (Å²) < 4.78 is 27.9. The minimum absolute atomic E-state index is 0.0729. The Bertz CT molecular complexity index is 605. The highest BCUT2D eigenvalue weighted by Crippen LogP contribution is 2.08. The Morgan fingerprint density at radius 3 is 2.59 bits per heavy atom. The molecule has 0 saturated heterocycles. The minimum atomic E-state index is -3.68. The number of benzene rings is 1. The first-order chi connectivity index (χ1) is 10.5. The fourth-order valence-electron chi connectivity index (χ4n) is 1.84. The summed E-state index contributed by atoms with van der Waals surface area (Å²) in [5.74, 6) is 5.75. The summed E-state index contributed by atoms with van der Waals surface area (Å²) >= 11 is 3.41. The maximum atomic E-state index is 11.2. The molecule has 0 fully saturated rings. The quantitative estimate of drug-likeness (QED) is 0.402. The van der Waals surface area contributed by atoms with Crippen molar-refractivity contribution in [2.75, 3.05) is 18.5 Å². The van der Waals surface area contributed by atoms with Crippen molar-refractivity contribution < 1.29 is 13.2 Å². The molecule has 22 heavy (non-hydrogen) atoms. The van der Waals surface area contributed by atoms with Crippen molar-refractivity contribution in [3.63, 3.8) is 0 Å². The largest absolute Gasteiger partial charge is 0.369 e. The molecule has 0 spiro atoms. The summed E-state index contributed by atoms with van der Waals surface area (Å²) in [5, 5.41) is 6.15. The van der Waals surface area contributed by atoms with E-state index < -0.39 is 10.0 Å². The van der Waals surface area contributed by atoms with Gasteiger partial charge in [0.25, 0.3) is 0 Å². The highest BCUT2D eigenvalue weighted by Gasteiger charge is 2.06. The molecule has 4 nitrogen and oxygen atoms in total. The van der Waals surface area contributed by atoms with Crippen molar-refractivity contribution >= 4 is 26.0 Å². The molecule has 1 aromatic carbocycles. The van der Waals surface area contributed by atoms with E-state index in [0.29, 0.717) is 18.8 Å². The van der Waals surface area contributed by atoms with Gasteiger partial charge in [0.05, 0.1) is 4.90 Å². The predicted molar refractivity (Wildman–Crippen MR) is 92.4 cm³/mol. The second-order valence-corrected chi connectivity index (χ2v) is 7.24. The molecule has 2 N–H and O–H groups in total. The molecular formula is C16H22BrNO3S. The van der Waals surface area contributed by atoms with Gasteiger partial charge < -0.3 is 4.74 Å². The normalized spacial score (nSPS) is 11.0. The van der Waals surface area contributed by atoms with Gasteiger partial charge in [-0.1, -0.05) is 53.1 Å². The summed E-state index contributed by atoms with van der Waals surface area (Å²) in [6, 6.07) is 6.28. The second kappa shape index (κ2) is 10.8. The lowest BCUT2D eigenvalue weighted by Crippen LogP contribution is -2.12. The Balaban J connectivity index is 2.25. The molecule has 6 heteroatoms. The smallest absolute Gasteiger partial charge is 0.238 e. The van der Waals surface area contributed by atoms with Crippen LogP contribution in [0.4, 0.5) is 0 Å². The lowest BCUT2D eigenvalue weighted by Gasteiger charge is -2.00. The Labute approximate surface area is 141 Å². The highest BCUT2D eigenvalue weighted by atomic mass is 79.9. The molecule has 0 atom stereocenters. The Hall–Kier alpha value is -0.870. The molecule has 1 aromatic rings. The molecule has 0 amide bonds. The van der Waals surface area contributed by atoms with Gasteiger partial charge >= 0.3 is 0 Å². The highest BCUT2D eigenvalue weighted by molar-refractivity contribution is 9.09. The fraction of sp³-hybridized carbons (Fsp3) is 0.500. The number of alkyl halides is 1. The first kappa shape index (κ1) is 19.2. The van der Waals surface area contributed by atoms with Crippen LogP contribution in [0.3, 0.4) is 0 Å². The summed E-state index contributed by atoms with van der Waals surface area (Å²) in [6.07, 6.45) is 5.94. The standard InChI is InChI=1S/C16H22BrNO3S/c17-11-4-2-1-3-5-12-21-13-7-9-15-8-6-10-16(14-15)22(18,19)20/h6,8,10,14H,1-5,11-13H2,(H2,18,19,20). The molecule has 0 aliphatic heterocycles. The van der Waals surface area contributed by atoms with Crippen molar-refractivity contribution in [1.29, 1.82) is 0 Å². The molecule has 0 radical (unpaired) electrons. The number of ether oxygens (including phenoxy) is 1. The summed E-state index contributed by atoms with van der Waals surface area (Å²) in [5.41, 5.74) is 0.616. The lowest BCUT2D eigenvalue weighted by molar-refractivity contribution is 0.162. The lowest BCUT2D eigenvalue weighted by atomic mass is 10.2. The van der Waals surface area contributed by atoms with Gasteiger partial charge in [-0.3, -0.25) is 0 Å². The number of hydrogen-bond acceptors (Lipinski definition) is 3. The molecule has 122 valence electrons. The van der Waals surface area contributed by atoms with Crippen LogP contribution < -0.4 is 5.14 Å². The summed E-state index contributed by atoms with van der Waals surface area (Å²) in [4.78, 5) is 0.0729. The third kappa shape index (κ3) is 8.54. The predicted octanol–water partition coefficient (Wildman–Crippen LogP) is 3.05. The molecule has 0 aliphatic carbocycles. The third-order valence-electron chi connectivity index (χ3n) is 2.99. The Morgan fingerprint density at radius 2 is 1.86 bits per heavy atom. The van der Waals surface area contributed by atoms with Gasteiger partial charge in [0, 0.05) is 17.5 Å². The van der Waals surface area contributed by atoms with E-state index in [4.69, 9.17) is 9.88 Å². The summed E-state index contributed by atoms with van der Waals surface area (Å²) in [7, 11) is -3.68. The molecule has 0 unspecified atom stereocenters. The van der Waals surface area contributed by atoms with E-state index in [2.05, 4.69) is 27.8 Å². The SMILES string of the molecule is NS(=O)(=O)c1cccc(C#CCOCCCCCCCBr)c1. The molecule has 1 rings (SSSR count). The minimum Gasteiger partial charge on any atom is -0.369 e. The van der Waals surface area contributed by atoms with Crippen molar-refractivity contribution in [1.82, 2.24) is 0 Å². The van der Waals surface area contributed by atoms with Crippen LogP contribution in [0.2, 0.25) is 0 Å². The number of hydrogen-bond donors (Lipinski definition) is 1. The van der Waals surface area contributed by atoms with Gasteiger partial charge in [0.15, 0.2) is 0 Å². The first-order valence-electron chi connectivity index (χ1n) is 7.29. The monoisotopic (exact) mass is 387 g/mol. The van der Waals surface area contributed by atoms with E-state index in [1.165, 1.54) is 37.8 Å². The molecular weight excluding hydrogens is 366 g/mol. The number of unbranched alkanes of at least 4 members (excludes halogenated alkanes) is 4. The van der Waals surface area contributed by atoms with Gasteiger partial charge in [-0.15, -0.1) is 0 Å². The molecule has 0 saturated carbocycles. The number of rotatable bonds is 9. The van der Waals surface area contributed by atoms with E-state index in [1.807, 2.05) is 0 Å². The average molecular weight is 388 g/mol. The van der Waals surface area contributed by atoms with Crippen LogP contribution in [0, 0.1) is 11.8 Å². The second-order valence-electron chi connectivity index (χ2n) is 4.88. The van der Waals surface area contributed by atoms with Gasteiger partial charge in [-0.05, 0) is 31.0 Å². The Kier molecular flexibility index (Phi) is 9.41. The van der Waals surface area contributed by atoms with Crippen LogP contribution in [0.5, 0.6) is 0 Å². The maximum absolute atomic E-state index is 11.2. The van der Waals surface area contributed by atoms with E-state index >= 15 is 0 Å². The van der Waals surface area contributed by atoms with Crippen molar-refractivity contribution in [3.05, 3.63) is 29.8 Å². The zero-order valence-corrected chi connectivity index (χ0v) is 15.0.